The Hall–Kier alpha value is 0.195. The Labute approximate surface area is 42.4 Å². The van der Waals surface area contributed by atoms with E-state index in [1.807, 2.05) is 0 Å². The van der Waals surface area contributed by atoms with E-state index in [2.05, 4.69) is 13.7 Å². The summed E-state index contributed by atoms with van der Waals surface area (Å²) in [5.74, 6) is 0. The molecule has 0 bridgehead atoms. The van der Waals surface area contributed by atoms with Crippen molar-refractivity contribution in [1.29, 1.82) is 0 Å². The molecule has 3 heteroatoms. The highest BCUT2D eigenvalue weighted by Gasteiger charge is 1.94. The fourth-order valence-corrected chi connectivity index (χ4v) is 0.136. The molecular formula is C3H8B3. The quantitative estimate of drug-likeness (QED) is 0.418. The van der Waals surface area contributed by atoms with E-state index in [0.717, 1.165) is 6.32 Å². The van der Waals surface area contributed by atoms with Gasteiger partial charge in [0.25, 0.3) is 0 Å². The molecule has 0 aliphatic carbocycles. The van der Waals surface area contributed by atoms with Gasteiger partial charge in [-0.3, -0.25) is 0 Å². The number of hydrogen-bond donors (Lipinski definition) is 0. The number of hydrogen-bond acceptors (Lipinski definition) is 0. The summed E-state index contributed by atoms with van der Waals surface area (Å²) in [4.78, 5) is 0. The summed E-state index contributed by atoms with van der Waals surface area (Å²) in [6, 6.07) is 0. The van der Waals surface area contributed by atoms with E-state index in [0.29, 0.717) is 6.60 Å². The molecule has 0 aromatic heterocycles. The molecule has 0 heterocycles. The van der Waals surface area contributed by atoms with Crippen molar-refractivity contribution in [2.45, 2.75) is 20.1 Å². The molecule has 0 aromatic rings. The van der Waals surface area contributed by atoms with Crippen molar-refractivity contribution >= 4 is 21.4 Å². The predicted molar refractivity (Wildman–Crippen MR) is 33.6 cm³/mol. The van der Waals surface area contributed by atoms with Crippen LogP contribution in [0.15, 0.2) is 0 Å². The van der Waals surface area contributed by atoms with Crippen molar-refractivity contribution < 1.29 is 0 Å². The van der Waals surface area contributed by atoms with Crippen LogP contribution in [0.25, 0.3) is 0 Å². The third kappa shape index (κ3) is 2.43. The highest BCUT2D eigenvalue weighted by Crippen LogP contribution is 1.82. The summed E-state index contributed by atoms with van der Waals surface area (Å²) in [6.07, 6.45) is 1.15. The zero-order valence-corrected chi connectivity index (χ0v) is 4.44. The molecule has 0 spiro atoms. The Bertz CT molecular complexity index is 25.2. The van der Waals surface area contributed by atoms with Gasteiger partial charge in [0.05, 0.1) is 6.60 Å². The summed E-state index contributed by atoms with van der Waals surface area (Å²) >= 11 is 0. The van der Waals surface area contributed by atoms with E-state index < -0.39 is 0 Å². The van der Waals surface area contributed by atoms with Crippen LogP contribution < -0.4 is 0 Å². The molecular weight excluding hydrogens is 68.5 g/mol. The Kier molecular flexibility index (Phi) is 3.50. The smallest absolute Gasteiger partial charge is 0.0866 e. The molecule has 0 rings (SSSR count). The molecule has 0 N–H and O–H groups in total. The lowest BCUT2D eigenvalue weighted by Crippen LogP contribution is -2.15. The second-order valence-electron chi connectivity index (χ2n) is 1.58. The minimum atomic E-state index is 0.588. The van der Waals surface area contributed by atoms with Gasteiger partial charge in [-0.1, -0.05) is 20.1 Å². The molecule has 0 aliphatic heterocycles. The normalized spacial score (nSPS) is 7.67. The van der Waals surface area contributed by atoms with E-state index in [1.165, 1.54) is 0 Å². The van der Waals surface area contributed by atoms with Crippen molar-refractivity contribution in [3.63, 3.8) is 0 Å². The Morgan fingerprint density at radius 3 is 2.33 bits per heavy atom. The van der Waals surface area contributed by atoms with Gasteiger partial charge >= 0.3 is 0 Å². The minimum Gasteiger partial charge on any atom is -0.0935 e. The lowest BCUT2D eigenvalue weighted by molar-refractivity contribution is 1.44. The van der Waals surface area contributed by atoms with E-state index in [-0.39, 0.29) is 0 Å². The van der Waals surface area contributed by atoms with Crippen LogP contribution in [0.5, 0.6) is 0 Å². The molecule has 0 saturated heterocycles. The first-order valence-electron chi connectivity index (χ1n) is 2.36. The molecule has 0 unspecified atom stereocenters. The average Bonchev–Trinajstić information content (AvgIpc) is 1.65. The van der Waals surface area contributed by atoms with Crippen LogP contribution in [0.2, 0.25) is 13.1 Å². The zero-order valence-electron chi connectivity index (χ0n) is 4.44. The maximum absolute atomic E-state index is 5.16. The maximum atomic E-state index is 5.16. The largest absolute Gasteiger partial charge is 0.0935 e. The van der Waals surface area contributed by atoms with Gasteiger partial charge < -0.3 is 0 Å². The van der Waals surface area contributed by atoms with Gasteiger partial charge in [0, 0.05) is 14.8 Å². The van der Waals surface area contributed by atoms with Gasteiger partial charge in [0.15, 0.2) is 0 Å². The van der Waals surface area contributed by atoms with Crippen LogP contribution in [0.4, 0.5) is 0 Å². The first-order chi connectivity index (χ1) is 2.81. The predicted octanol–water partition coefficient (Wildman–Crippen LogP) is 0.415. The molecule has 0 fully saturated rings. The van der Waals surface area contributed by atoms with Gasteiger partial charge in [0.2, 0.25) is 0 Å². The summed E-state index contributed by atoms with van der Waals surface area (Å²) in [5.41, 5.74) is 0. The third-order valence-electron chi connectivity index (χ3n) is 0.972. The monoisotopic (exact) mass is 77.1 g/mol. The molecule has 3 radical (unpaired) electrons. The van der Waals surface area contributed by atoms with Crippen molar-refractivity contribution in [2.75, 3.05) is 0 Å². The standard InChI is InChI=1S/C3H8B3/c1-3-6(2)5-4/h3H2,1-2H3. The highest BCUT2D eigenvalue weighted by atomic mass is 13.4. The summed E-state index contributed by atoms with van der Waals surface area (Å²) in [6.45, 7) is 4.80. The van der Waals surface area contributed by atoms with Crippen LogP contribution in [0.3, 0.4) is 0 Å². The van der Waals surface area contributed by atoms with Gasteiger partial charge in [-0.15, -0.1) is 0 Å². The van der Waals surface area contributed by atoms with Crippen LogP contribution in [-0.2, 0) is 0 Å². The first-order valence-corrected chi connectivity index (χ1v) is 2.36. The van der Waals surface area contributed by atoms with Gasteiger partial charge in [0.1, 0.15) is 0 Å². The summed E-state index contributed by atoms with van der Waals surface area (Å²) < 4.78 is 0. The van der Waals surface area contributed by atoms with Crippen LogP contribution in [0.1, 0.15) is 6.92 Å². The minimum absolute atomic E-state index is 0.588. The SMILES string of the molecule is [B][B]B(C)CC. The second kappa shape index (κ2) is 3.39. The van der Waals surface area contributed by atoms with E-state index >= 15 is 0 Å². The zero-order chi connectivity index (χ0) is 4.99. The van der Waals surface area contributed by atoms with Crippen molar-refractivity contribution in [2.24, 2.45) is 0 Å². The lowest BCUT2D eigenvalue weighted by atomic mass is 9.14. The Balaban J connectivity index is 2.75. The molecule has 0 amide bonds. The van der Waals surface area contributed by atoms with Gasteiger partial charge in [-0.05, 0) is 0 Å². The molecule has 0 nitrogen and oxygen atoms in total. The Morgan fingerprint density at radius 2 is 2.33 bits per heavy atom. The molecule has 6 heavy (non-hydrogen) atoms. The molecule has 0 aromatic carbocycles. The third-order valence-corrected chi connectivity index (χ3v) is 0.972. The van der Waals surface area contributed by atoms with Crippen molar-refractivity contribution in [3.8, 4) is 0 Å². The van der Waals surface area contributed by atoms with Crippen LogP contribution >= 0.6 is 0 Å². The van der Waals surface area contributed by atoms with E-state index in [9.17, 15) is 0 Å². The van der Waals surface area contributed by atoms with Crippen LogP contribution in [-0.4, -0.2) is 21.4 Å². The van der Waals surface area contributed by atoms with E-state index in [1.54, 1.807) is 7.06 Å². The maximum Gasteiger partial charge on any atom is 0.0866 e. The topological polar surface area (TPSA) is 0 Å². The molecule has 0 aliphatic rings. The van der Waals surface area contributed by atoms with Crippen molar-refractivity contribution in [3.05, 3.63) is 0 Å². The Morgan fingerprint density at radius 1 is 1.83 bits per heavy atom. The number of rotatable bonds is 2. The van der Waals surface area contributed by atoms with Gasteiger partial charge in [-0.2, -0.15) is 0 Å². The van der Waals surface area contributed by atoms with E-state index in [4.69, 9.17) is 7.74 Å². The molecule has 0 saturated carbocycles. The molecule has 29 valence electrons. The average molecular weight is 76.5 g/mol. The fraction of sp³-hybridized carbons (Fsp3) is 1.00. The second-order valence-corrected chi connectivity index (χ2v) is 1.58. The first kappa shape index (κ1) is 6.19. The summed E-state index contributed by atoms with van der Waals surface area (Å²) in [5, 5.41) is 0. The van der Waals surface area contributed by atoms with Crippen molar-refractivity contribution in [1.82, 2.24) is 0 Å². The fourth-order valence-electron chi connectivity index (χ4n) is 0.136. The summed E-state index contributed by atoms with van der Waals surface area (Å²) in [7, 11) is 6.88. The van der Waals surface area contributed by atoms with Crippen LogP contribution in [0, 0.1) is 0 Å². The van der Waals surface area contributed by atoms with Gasteiger partial charge in [-0.25, -0.2) is 0 Å². The highest BCUT2D eigenvalue weighted by molar-refractivity contribution is 7.30. The molecule has 0 atom stereocenters. The lowest BCUT2D eigenvalue weighted by Gasteiger charge is -1.93.